The van der Waals surface area contributed by atoms with E-state index in [2.05, 4.69) is 4.99 Å². The van der Waals surface area contributed by atoms with Crippen molar-refractivity contribution < 1.29 is 8.78 Å². The number of guanidine groups is 1. The number of nitrogens with zero attached hydrogens (tertiary/aromatic N) is 2. The predicted molar refractivity (Wildman–Crippen MR) is 95.6 cm³/mol. The molecule has 0 saturated carbocycles. The van der Waals surface area contributed by atoms with Crippen LogP contribution in [0.4, 0.5) is 8.78 Å². The van der Waals surface area contributed by atoms with Crippen LogP contribution in [0.3, 0.4) is 0 Å². The van der Waals surface area contributed by atoms with Crippen molar-refractivity contribution in [3.8, 4) is 0 Å². The van der Waals surface area contributed by atoms with Crippen molar-refractivity contribution in [2.45, 2.75) is 12.8 Å². The van der Waals surface area contributed by atoms with Crippen molar-refractivity contribution in [3.05, 3.63) is 35.4 Å². The highest BCUT2D eigenvalue weighted by molar-refractivity contribution is 14.0. The van der Waals surface area contributed by atoms with Crippen LogP contribution in [0.1, 0.15) is 18.4 Å². The minimum Gasteiger partial charge on any atom is -0.370 e. The summed E-state index contributed by atoms with van der Waals surface area (Å²) in [5.74, 6) is 1.40. The number of halogens is 3. The van der Waals surface area contributed by atoms with E-state index in [0.717, 1.165) is 30.7 Å². The van der Waals surface area contributed by atoms with E-state index < -0.39 is 11.6 Å². The molecule has 3 nitrogen and oxygen atoms in total. The van der Waals surface area contributed by atoms with E-state index in [1.54, 1.807) is 0 Å². The van der Waals surface area contributed by atoms with Crippen molar-refractivity contribution in [1.29, 1.82) is 0 Å². The lowest BCUT2D eigenvalue weighted by Crippen LogP contribution is -2.42. The number of benzene rings is 1. The van der Waals surface area contributed by atoms with Crippen LogP contribution in [-0.4, -0.2) is 42.0 Å². The third-order valence-corrected chi connectivity index (χ3v) is 4.30. The SMILES string of the molecule is CC(CN=C(N)N1CCSCC1)c1ccc(F)cc1F.I. The van der Waals surface area contributed by atoms with Gasteiger partial charge in [-0.3, -0.25) is 4.99 Å². The summed E-state index contributed by atoms with van der Waals surface area (Å²) in [6.07, 6.45) is 0. The molecule has 1 unspecified atom stereocenters. The molecular weight excluding hydrogens is 407 g/mol. The van der Waals surface area contributed by atoms with Gasteiger partial charge in [-0.15, -0.1) is 24.0 Å². The predicted octanol–water partition coefficient (Wildman–Crippen LogP) is 3.05. The van der Waals surface area contributed by atoms with Crippen molar-refractivity contribution in [1.82, 2.24) is 4.90 Å². The zero-order chi connectivity index (χ0) is 14.5. The Bertz CT molecular complexity index is 493. The van der Waals surface area contributed by atoms with Crippen LogP contribution in [-0.2, 0) is 0 Å². The lowest BCUT2D eigenvalue weighted by atomic mass is 10.0. The highest BCUT2D eigenvalue weighted by Gasteiger charge is 2.14. The Hall–Kier alpha value is -0.570. The zero-order valence-electron chi connectivity index (χ0n) is 11.9. The van der Waals surface area contributed by atoms with Crippen LogP contribution >= 0.6 is 35.7 Å². The first-order valence-corrected chi connectivity index (χ1v) is 7.81. The molecule has 1 aromatic rings. The summed E-state index contributed by atoms with van der Waals surface area (Å²) >= 11 is 1.90. The highest BCUT2D eigenvalue weighted by Crippen LogP contribution is 2.20. The fourth-order valence-electron chi connectivity index (χ4n) is 2.12. The van der Waals surface area contributed by atoms with E-state index in [0.29, 0.717) is 18.1 Å². The van der Waals surface area contributed by atoms with Gasteiger partial charge in [0.25, 0.3) is 0 Å². The van der Waals surface area contributed by atoms with Gasteiger partial charge in [0.1, 0.15) is 11.6 Å². The molecule has 0 aromatic heterocycles. The molecule has 1 saturated heterocycles. The maximum atomic E-state index is 13.6. The van der Waals surface area contributed by atoms with Gasteiger partial charge in [-0.1, -0.05) is 13.0 Å². The number of hydrogen-bond acceptors (Lipinski definition) is 2. The van der Waals surface area contributed by atoms with Gasteiger partial charge in [-0.25, -0.2) is 8.78 Å². The Morgan fingerprint density at radius 2 is 2.05 bits per heavy atom. The monoisotopic (exact) mass is 427 g/mol. The van der Waals surface area contributed by atoms with Crippen LogP contribution in [0, 0.1) is 11.6 Å². The second-order valence-electron chi connectivity index (χ2n) is 4.87. The van der Waals surface area contributed by atoms with Gasteiger partial charge in [0.05, 0.1) is 0 Å². The van der Waals surface area contributed by atoms with Crippen molar-refractivity contribution in [2.75, 3.05) is 31.1 Å². The smallest absolute Gasteiger partial charge is 0.191 e. The summed E-state index contributed by atoms with van der Waals surface area (Å²) in [7, 11) is 0. The first kappa shape index (κ1) is 18.5. The fourth-order valence-corrected chi connectivity index (χ4v) is 3.03. The third-order valence-electron chi connectivity index (χ3n) is 3.36. The lowest BCUT2D eigenvalue weighted by Gasteiger charge is -2.27. The Morgan fingerprint density at radius 1 is 1.38 bits per heavy atom. The summed E-state index contributed by atoms with van der Waals surface area (Å²) in [4.78, 5) is 6.38. The van der Waals surface area contributed by atoms with Gasteiger partial charge in [-0.2, -0.15) is 11.8 Å². The number of aliphatic imine (C=N–C) groups is 1. The third kappa shape index (κ3) is 5.28. The molecule has 0 spiro atoms. The minimum absolute atomic E-state index is 0. The van der Waals surface area contributed by atoms with Crippen LogP contribution in [0.15, 0.2) is 23.2 Å². The molecule has 0 amide bonds. The summed E-state index contributed by atoms with van der Waals surface area (Å²) in [6.45, 7) is 4.07. The van der Waals surface area contributed by atoms with Gasteiger partial charge in [0, 0.05) is 43.1 Å². The maximum Gasteiger partial charge on any atom is 0.191 e. The Kier molecular flexibility index (Phi) is 7.72. The molecule has 1 heterocycles. The molecule has 118 valence electrons. The number of hydrogen-bond donors (Lipinski definition) is 1. The molecule has 7 heteroatoms. The van der Waals surface area contributed by atoms with E-state index in [4.69, 9.17) is 5.73 Å². The second-order valence-corrected chi connectivity index (χ2v) is 6.09. The number of rotatable bonds is 3. The standard InChI is InChI=1S/C14H19F2N3S.HI/c1-10(12-3-2-11(15)8-13(12)16)9-18-14(17)19-4-6-20-7-5-19;/h2-3,8,10H,4-7,9H2,1H3,(H2,17,18);1H. The van der Waals surface area contributed by atoms with E-state index in [1.165, 1.54) is 12.1 Å². The molecular formula is C14H20F2IN3S. The van der Waals surface area contributed by atoms with Gasteiger partial charge < -0.3 is 10.6 Å². The molecule has 1 atom stereocenters. The highest BCUT2D eigenvalue weighted by atomic mass is 127. The minimum atomic E-state index is -0.563. The van der Waals surface area contributed by atoms with E-state index in [9.17, 15) is 8.78 Å². The summed E-state index contributed by atoms with van der Waals surface area (Å²) in [5, 5.41) is 0. The molecule has 1 fully saturated rings. The van der Waals surface area contributed by atoms with Crippen LogP contribution in [0.2, 0.25) is 0 Å². The van der Waals surface area contributed by atoms with Gasteiger partial charge in [0.2, 0.25) is 0 Å². The summed E-state index contributed by atoms with van der Waals surface area (Å²) in [5.41, 5.74) is 6.42. The Balaban J connectivity index is 0.00000220. The normalized spacial score (nSPS) is 17.3. The Labute approximate surface area is 145 Å². The van der Waals surface area contributed by atoms with Gasteiger partial charge in [-0.05, 0) is 11.6 Å². The van der Waals surface area contributed by atoms with Crippen molar-refractivity contribution in [2.24, 2.45) is 10.7 Å². The average Bonchev–Trinajstić information content (AvgIpc) is 2.45. The first-order chi connectivity index (χ1) is 9.58. The molecule has 21 heavy (non-hydrogen) atoms. The molecule has 2 rings (SSSR count). The quantitative estimate of drug-likeness (QED) is 0.458. The molecule has 1 aromatic carbocycles. The average molecular weight is 427 g/mol. The molecule has 0 radical (unpaired) electrons. The molecule has 1 aliphatic rings. The van der Waals surface area contributed by atoms with Crippen LogP contribution < -0.4 is 5.73 Å². The van der Waals surface area contributed by atoms with Gasteiger partial charge >= 0.3 is 0 Å². The van der Waals surface area contributed by atoms with E-state index in [1.807, 2.05) is 23.6 Å². The van der Waals surface area contributed by atoms with E-state index in [-0.39, 0.29) is 29.9 Å². The number of nitrogens with two attached hydrogens (primary N) is 1. The van der Waals surface area contributed by atoms with Gasteiger partial charge in [0.15, 0.2) is 5.96 Å². The fraction of sp³-hybridized carbons (Fsp3) is 0.500. The molecule has 2 N–H and O–H groups in total. The molecule has 0 bridgehead atoms. The number of thioether (sulfide) groups is 1. The zero-order valence-corrected chi connectivity index (χ0v) is 15.0. The summed E-state index contributed by atoms with van der Waals surface area (Å²) < 4.78 is 26.5. The largest absolute Gasteiger partial charge is 0.370 e. The van der Waals surface area contributed by atoms with Crippen molar-refractivity contribution in [3.63, 3.8) is 0 Å². The van der Waals surface area contributed by atoms with Crippen LogP contribution in [0.25, 0.3) is 0 Å². The molecule has 0 aliphatic carbocycles. The maximum absolute atomic E-state index is 13.6. The van der Waals surface area contributed by atoms with Crippen LogP contribution in [0.5, 0.6) is 0 Å². The lowest BCUT2D eigenvalue weighted by molar-refractivity contribution is 0.454. The molecule has 1 aliphatic heterocycles. The van der Waals surface area contributed by atoms with Crippen molar-refractivity contribution >= 4 is 41.7 Å². The summed E-state index contributed by atoms with van der Waals surface area (Å²) in [6, 6.07) is 3.64. The second kappa shape index (κ2) is 8.77. The van der Waals surface area contributed by atoms with E-state index >= 15 is 0 Å². The topological polar surface area (TPSA) is 41.6 Å². The first-order valence-electron chi connectivity index (χ1n) is 6.65. The Morgan fingerprint density at radius 3 is 2.67 bits per heavy atom.